The van der Waals surface area contributed by atoms with Gasteiger partial charge in [0.05, 0.1) is 75.1 Å². The molecule has 0 amide bonds. The number of anilines is 4. The van der Waals surface area contributed by atoms with E-state index in [9.17, 15) is 9.59 Å². The molecule has 0 atom stereocenters. The first-order chi connectivity index (χ1) is 48.6. The maximum absolute atomic E-state index is 11.6. The SMILES string of the molecule is CC(=O)Cc1cncc(-c2nc(NCc3ccccn3)c3c(-c4ccccc4)cccc3n2)c1.CC(=O)Cc1cncc(-c2nc(NCc3ccccn3)c3c(-c4ccccc4)cccc3n2)c1.Nc1cncc(-c2nc(NCc3ccccn3)c3c(-c4ccccc4)cccc3n2)c1. The Balaban J connectivity index is 0.000000134. The fourth-order valence-electron chi connectivity index (χ4n) is 11.5. The van der Waals surface area contributed by atoms with Crippen molar-refractivity contribution in [3.63, 3.8) is 0 Å². The van der Waals surface area contributed by atoms with Crippen molar-refractivity contribution in [3.05, 3.63) is 302 Å². The Kier molecular flexibility index (Phi) is 20.1. The first kappa shape index (κ1) is 64.5. The van der Waals surface area contributed by atoms with E-state index >= 15 is 0 Å². The van der Waals surface area contributed by atoms with Crippen LogP contribution >= 0.6 is 0 Å². The quantitative estimate of drug-likeness (QED) is 0.0587. The maximum atomic E-state index is 11.6. The van der Waals surface area contributed by atoms with Gasteiger partial charge in [-0.05, 0) is 131 Å². The topological polar surface area (TPSA) is 251 Å². The molecule has 15 rings (SSSR count). The standard InChI is InChI=1S/2C28H23N5O.C25H20N6/c2*1-19(34)14-20-15-22(17-29-16-20)27-32-25-12-7-11-24(21-8-3-2-4-9-21)26(25)28(33-27)31-18-23-10-5-6-13-30-23;26-19-13-18(14-27-15-19)24-30-22-11-6-10-21(17-7-2-1-3-8-17)23(22)25(31-24)29-16-20-9-4-5-12-28-20/h2*2-13,15-17H,14,18H2,1H3,(H,31,32,33);1-15H,16,26H2,(H,29,30,31). The van der Waals surface area contributed by atoms with Gasteiger partial charge in [-0.15, -0.1) is 0 Å². The van der Waals surface area contributed by atoms with Crippen LogP contribution in [0, 0.1) is 0 Å². The molecule has 6 aromatic carbocycles. The van der Waals surface area contributed by atoms with E-state index in [1.54, 1.807) is 69.6 Å². The molecule has 0 fully saturated rings. The second-order valence-corrected chi connectivity index (χ2v) is 23.3. The van der Waals surface area contributed by atoms with E-state index in [2.05, 4.69) is 100 Å². The molecule has 18 heteroatoms. The van der Waals surface area contributed by atoms with Crippen LogP contribution in [0.25, 0.3) is 100 Å². The number of nitrogens with two attached hydrogens (primary N) is 1. The Hall–Kier alpha value is -13.2. The molecule has 15 aromatic rings. The number of carbonyl (C=O) groups is 2. The van der Waals surface area contributed by atoms with Crippen LogP contribution in [0.3, 0.4) is 0 Å². The van der Waals surface area contributed by atoms with Crippen LogP contribution in [0.4, 0.5) is 23.1 Å². The van der Waals surface area contributed by atoms with Crippen LogP contribution < -0.4 is 21.7 Å². The Morgan fingerprint density at radius 1 is 0.333 bits per heavy atom. The fraction of sp³-hybridized carbons (Fsp3) is 0.0864. The highest BCUT2D eigenvalue weighted by Gasteiger charge is 2.19. The van der Waals surface area contributed by atoms with Gasteiger partial charge in [-0.2, -0.15) is 0 Å². The number of nitrogen functional groups attached to an aromatic ring is 1. The number of Topliss-reactive ketones (excluding diaryl/α,β-unsaturated/α-hetero) is 2. The minimum absolute atomic E-state index is 0.0867. The first-order valence-corrected chi connectivity index (χ1v) is 32.2. The van der Waals surface area contributed by atoms with Gasteiger partial charge in [-0.1, -0.05) is 146 Å². The zero-order chi connectivity index (χ0) is 67.7. The summed E-state index contributed by atoms with van der Waals surface area (Å²) in [7, 11) is 0. The van der Waals surface area contributed by atoms with Gasteiger partial charge in [0.25, 0.3) is 0 Å². The molecule has 0 aliphatic carbocycles. The van der Waals surface area contributed by atoms with E-state index in [0.29, 0.717) is 55.6 Å². The molecular weight excluding hydrogens is 1230 g/mol. The van der Waals surface area contributed by atoms with Crippen LogP contribution in [0.15, 0.2) is 274 Å². The van der Waals surface area contributed by atoms with Crippen LogP contribution in [-0.4, -0.2) is 71.4 Å². The molecule has 482 valence electrons. The molecule has 9 heterocycles. The van der Waals surface area contributed by atoms with E-state index in [1.807, 2.05) is 164 Å². The molecule has 18 nitrogen and oxygen atoms in total. The second-order valence-electron chi connectivity index (χ2n) is 23.3. The normalized spacial score (nSPS) is 10.8. The molecular formula is C81H66N16O2. The number of carbonyl (C=O) groups excluding carboxylic acids is 2. The number of rotatable bonds is 19. The molecule has 0 bridgehead atoms. The lowest BCUT2D eigenvalue weighted by molar-refractivity contribution is -0.117. The zero-order valence-electron chi connectivity index (χ0n) is 54.3. The van der Waals surface area contributed by atoms with Gasteiger partial charge in [0, 0.05) is 85.3 Å². The summed E-state index contributed by atoms with van der Waals surface area (Å²) in [6.07, 6.45) is 16.2. The van der Waals surface area contributed by atoms with Crippen LogP contribution in [0.2, 0.25) is 0 Å². The number of ketones is 2. The lowest BCUT2D eigenvalue weighted by Gasteiger charge is -2.14. The van der Waals surface area contributed by atoms with Crippen molar-refractivity contribution < 1.29 is 9.59 Å². The van der Waals surface area contributed by atoms with Crippen molar-refractivity contribution in [2.45, 2.75) is 46.3 Å². The van der Waals surface area contributed by atoms with E-state index in [0.717, 1.165) is 128 Å². The average molecular weight is 1300 g/mol. The Bertz CT molecular complexity index is 5070. The highest BCUT2D eigenvalue weighted by atomic mass is 16.1. The van der Waals surface area contributed by atoms with Crippen LogP contribution in [0.5, 0.6) is 0 Å². The van der Waals surface area contributed by atoms with Crippen molar-refractivity contribution in [2.24, 2.45) is 0 Å². The molecule has 5 N–H and O–H groups in total. The van der Waals surface area contributed by atoms with E-state index in [1.165, 1.54) is 0 Å². The summed E-state index contributed by atoms with van der Waals surface area (Å²) in [5.74, 6) is 4.04. The monoisotopic (exact) mass is 1290 g/mol. The number of nitrogens with one attached hydrogen (secondary N) is 3. The zero-order valence-corrected chi connectivity index (χ0v) is 54.3. The van der Waals surface area contributed by atoms with Crippen molar-refractivity contribution in [3.8, 4) is 67.5 Å². The minimum atomic E-state index is 0.0867. The molecule has 0 spiro atoms. The summed E-state index contributed by atoms with van der Waals surface area (Å²) >= 11 is 0. The predicted octanol–water partition coefficient (Wildman–Crippen LogP) is 15.9. The third kappa shape index (κ3) is 16.1. The first-order valence-electron chi connectivity index (χ1n) is 32.2. The Morgan fingerprint density at radius 3 is 0.970 bits per heavy atom. The number of benzene rings is 6. The van der Waals surface area contributed by atoms with E-state index < -0.39 is 0 Å². The molecule has 0 aliphatic rings. The highest BCUT2D eigenvalue weighted by molar-refractivity contribution is 6.05. The fourth-order valence-corrected chi connectivity index (χ4v) is 11.5. The highest BCUT2D eigenvalue weighted by Crippen LogP contribution is 2.38. The summed E-state index contributed by atoms with van der Waals surface area (Å²) in [5.41, 5.74) is 22.2. The van der Waals surface area contributed by atoms with E-state index in [4.69, 9.17) is 35.6 Å². The molecule has 9 aromatic heterocycles. The lowest BCUT2D eigenvalue weighted by atomic mass is 10.0. The summed E-state index contributed by atoms with van der Waals surface area (Å²) in [4.78, 5) is 78.6. The van der Waals surface area contributed by atoms with Gasteiger partial charge in [-0.25, -0.2) is 29.9 Å². The third-order valence-electron chi connectivity index (χ3n) is 15.9. The number of hydrogen-bond donors (Lipinski definition) is 4. The number of fused-ring (bicyclic) bond motifs is 3. The van der Waals surface area contributed by atoms with Crippen LogP contribution in [0.1, 0.15) is 42.1 Å². The smallest absolute Gasteiger partial charge is 0.163 e. The minimum Gasteiger partial charge on any atom is -0.397 e. The molecule has 0 saturated carbocycles. The number of hydrogen-bond acceptors (Lipinski definition) is 18. The summed E-state index contributed by atoms with van der Waals surface area (Å²) in [6.45, 7) is 4.74. The molecule has 0 unspecified atom stereocenters. The van der Waals surface area contributed by atoms with Gasteiger partial charge < -0.3 is 21.7 Å². The molecule has 0 radical (unpaired) electrons. The average Bonchev–Trinajstić information content (AvgIpc) is 0.786. The molecule has 0 aliphatic heterocycles. The van der Waals surface area contributed by atoms with Crippen molar-refractivity contribution in [2.75, 3.05) is 21.7 Å². The van der Waals surface area contributed by atoms with Crippen molar-refractivity contribution >= 4 is 67.4 Å². The second kappa shape index (κ2) is 30.9. The summed E-state index contributed by atoms with van der Waals surface area (Å²) < 4.78 is 0. The van der Waals surface area contributed by atoms with Crippen molar-refractivity contribution in [1.82, 2.24) is 59.8 Å². The largest absolute Gasteiger partial charge is 0.397 e. The Labute approximate surface area is 571 Å². The maximum Gasteiger partial charge on any atom is 0.163 e. The molecule has 0 saturated heterocycles. The summed E-state index contributed by atoms with van der Waals surface area (Å²) in [6, 6.07) is 72.2. The number of pyridine rings is 6. The Morgan fingerprint density at radius 2 is 0.657 bits per heavy atom. The van der Waals surface area contributed by atoms with Crippen molar-refractivity contribution in [1.29, 1.82) is 0 Å². The number of nitrogens with zero attached hydrogens (tertiary/aromatic N) is 12. The lowest BCUT2D eigenvalue weighted by Crippen LogP contribution is -2.06. The van der Waals surface area contributed by atoms with E-state index in [-0.39, 0.29) is 11.6 Å². The van der Waals surface area contributed by atoms with Gasteiger partial charge in [0.15, 0.2) is 17.5 Å². The number of aromatic nitrogens is 12. The van der Waals surface area contributed by atoms with Gasteiger partial charge in [0.1, 0.15) is 29.0 Å². The summed E-state index contributed by atoms with van der Waals surface area (Å²) in [5, 5.41) is 13.3. The van der Waals surface area contributed by atoms with Gasteiger partial charge in [-0.3, -0.25) is 39.5 Å². The van der Waals surface area contributed by atoms with Gasteiger partial charge >= 0.3 is 0 Å². The third-order valence-corrected chi connectivity index (χ3v) is 15.9. The predicted molar refractivity (Wildman–Crippen MR) is 392 cm³/mol. The van der Waals surface area contributed by atoms with Gasteiger partial charge in [0.2, 0.25) is 0 Å². The van der Waals surface area contributed by atoms with Crippen LogP contribution in [-0.2, 0) is 42.1 Å². The molecule has 99 heavy (non-hydrogen) atoms.